The van der Waals surface area contributed by atoms with E-state index < -0.39 is 0 Å². The van der Waals surface area contributed by atoms with Crippen LogP contribution in [0, 0.1) is 0 Å². The van der Waals surface area contributed by atoms with E-state index in [9.17, 15) is 0 Å². The number of hydrogen-bond acceptors (Lipinski definition) is 1. The van der Waals surface area contributed by atoms with Crippen LogP contribution < -0.4 is 0 Å². The van der Waals surface area contributed by atoms with Gasteiger partial charge >= 0.3 is 0 Å². The average molecular weight is 293 g/mol. The van der Waals surface area contributed by atoms with Crippen LogP contribution in [0.2, 0.25) is 0 Å². The van der Waals surface area contributed by atoms with Gasteiger partial charge < -0.3 is 0 Å². The normalized spacial score (nSPS) is 12.7. The molecule has 0 spiro atoms. The van der Waals surface area contributed by atoms with Crippen LogP contribution in [0.25, 0.3) is 0 Å². The van der Waals surface area contributed by atoms with E-state index in [1.807, 2.05) is 6.08 Å². The zero-order valence-corrected chi connectivity index (χ0v) is 15.1. The molecule has 1 aromatic heterocycles. The smallest absolute Gasteiger partial charge is 0.0137 e. The molecular weight excluding hydrogens is 260 g/mol. The molecule has 0 saturated carbocycles. The highest BCUT2D eigenvalue weighted by Crippen LogP contribution is 2.42. The van der Waals surface area contributed by atoms with Gasteiger partial charge in [0.15, 0.2) is 0 Å². The molecule has 1 aromatic rings. The number of hydrogen-bond donors (Lipinski definition) is 0. The molecule has 0 nitrogen and oxygen atoms in total. The van der Waals surface area contributed by atoms with Gasteiger partial charge in [-0.3, -0.25) is 0 Å². The van der Waals surface area contributed by atoms with E-state index in [0.29, 0.717) is 10.8 Å². The summed E-state index contributed by atoms with van der Waals surface area (Å²) in [5.41, 5.74) is 2.19. The first-order valence-electron chi connectivity index (χ1n) is 8.03. The zero-order chi connectivity index (χ0) is 15.4. The maximum atomic E-state index is 3.84. The summed E-state index contributed by atoms with van der Waals surface area (Å²) in [6.45, 7) is 18.0. The largest absolute Gasteiger partial charge is 0.144 e. The molecule has 0 aliphatic rings. The third kappa shape index (κ3) is 3.97. The second kappa shape index (κ2) is 6.93. The molecule has 1 rings (SSSR count). The van der Waals surface area contributed by atoms with Gasteiger partial charge in [-0.1, -0.05) is 47.6 Å². The molecule has 1 heteroatoms. The molecule has 0 unspecified atom stereocenters. The molecule has 0 fully saturated rings. The first-order valence-corrected chi connectivity index (χ1v) is 8.84. The van der Waals surface area contributed by atoms with E-state index >= 15 is 0 Å². The summed E-state index contributed by atoms with van der Waals surface area (Å²) in [5, 5.41) is 0. The van der Waals surface area contributed by atoms with Crippen LogP contribution in [0.3, 0.4) is 0 Å². The average Bonchev–Trinajstić information content (AvgIpc) is 2.85. The Morgan fingerprint density at radius 2 is 1.70 bits per heavy atom. The maximum absolute atomic E-state index is 3.84. The fourth-order valence-corrected chi connectivity index (χ4v) is 3.85. The molecule has 0 aliphatic heterocycles. The summed E-state index contributed by atoms with van der Waals surface area (Å²) in [7, 11) is 0. The quantitative estimate of drug-likeness (QED) is 0.372. The lowest BCUT2D eigenvalue weighted by atomic mass is 9.84. The first kappa shape index (κ1) is 17.5. The Labute approximate surface area is 130 Å². The van der Waals surface area contributed by atoms with Gasteiger partial charge in [-0.15, -0.1) is 17.9 Å². The van der Waals surface area contributed by atoms with Gasteiger partial charge in [-0.25, -0.2) is 0 Å². The van der Waals surface area contributed by atoms with Gasteiger partial charge in [-0.05, 0) is 54.6 Å². The van der Waals surface area contributed by atoms with E-state index in [-0.39, 0.29) is 0 Å². The predicted octanol–water partition coefficient (Wildman–Crippen LogP) is 6.63. The molecule has 0 amide bonds. The third-order valence-electron chi connectivity index (χ3n) is 4.71. The SMILES string of the molecule is C=CCCCc1cc(C(C)(C)CC)sc1C(C)(C)CC. The highest BCUT2D eigenvalue weighted by molar-refractivity contribution is 7.12. The summed E-state index contributed by atoms with van der Waals surface area (Å²) in [6.07, 6.45) is 7.97. The molecule has 0 radical (unpaired) electrons. The van der Waals surface area contributed by atoms with Crippen LogP contribution in [-0.4, -0.2) is 0 Å². The van der Waals surface area contributed by atoms with Crippen molar-refractivity contribution in [2.24, 2.45) is 0 Å². The second-order valence-electron chi connectivity index (χ2n) is 7.12. The standard InChI is InChI=1S/C19H32S/c1-8-11-12-13-15-14-16(18(4,5)9-2)20-17(15)19(6,7)10-3/h8,14H,1,9-13H2,2-7H3. The number of thiophene rings is 1. The van der Waals surface area contributed by atoms with Crippen molar-refractivity contribution in [1.82, 2.24) is 0 Å². The van der Waals surface area contributed by atoms with Crippen molar-refractivity contribution in [3.05, 3.63) is 34.0 Å². The van der Waals surface area contributed by atoms with Crippen molar-refractivity contribution in [3.63, 3.8) is 0 Å². The predicted molar refractivity (Wildman–Crippen MR) is 94.1 cm³/mol. The highest BCUT2D eigenvalue weighted by Gasteiger charge is 2.28. The Hall–Kier alpha value is -0.560. The van der Waals surface area contributed by atoms with E-state index in [4.69, 9.17) is 0 Å². The van der Waals surface area contributed by atoms with Crippen molar-refractivity contribution < 1.29 is 0 Å². The van der Waals surface area contributed by atoms with Gasteiger partial charge in [0.05, 0.1) is 0 Å². The molecule has 114 valence electrons. The van der Waals surface area contributed by atoms with Crippen molar-refractivity contribution in [2.75, 3.05) is 0 Å². The first-order chi connectivity index (χ1) is 9.28. The molecule has 1 heterocycles. The van der Waals surface area contributed by atoms with Gasteiger partial charge in [-0.2, -0.15) is 0 Å². The lowest BCUT2D eigenvalue weighted by Gasteiger charge is -2.24. The molecule has 0 aromatic carbocycles. The van der Waals surface area contributed by atoms with Crippen molar-refractivity contribution in [3.8, 4) is 0 Å². The summed E-state index contributed by atoms with van der Waals surface area (Å²) < 4.78 is 0. The van der Waals surface area contributed by atoms with Crippen LogP contribution in [-0.2, 0) is 17.3 Å². The number of allylic oxidation sites excluding steroid dienone is 1. The van der Waals surface area contributed by atoms with Gasteiger partial charge in [0.25, 0.3) is 0 Å². The van der Waals surface area contributed by atoms with Gasteiger partial charge in [0, 0.05) is 9.75 Å². The summed E-state index contributed by atoms with van der Waals surface area (Å²) in [5.74, 6) is 0. The van der Waals surface area contributed by atoms with E-state index in [2.05, 4.69) is 65.5 Å². The lowest BCUT2D eigenvalue weighted by molar-refractivity contribution is 0.511. The van der Waals surface area contributed by atoms with Crippen LogP contribution in [0.4, 0.5) is 0 Å². The van der Waals surface area contributed by atoms with Crippen LogP contribution in [0.1, 0.15) is 82.5 Å². The Balaban J connectivity index is 3.15. The molecule has 0 atom stereocenters. The highest BCUT2D eigenvalue weighted by atomic mass is 32.1. The van der Waals surface area contributed by atoms with Gasteiger partial charge in [0.2, 0.25) is 0 Å². The minimum absolute atomic E-state index is 0.302. The van der Waals surface area contributed by atoms with E-state index in [1.165, 1.54) is 25.7 Å². The fraction of sp³-hybridized carbons (Fsp3) is 0.684. The Morgan fingerprint density at radius 3 is 2.20 bits per heavy atom. The monoisotopic (exact) mass is 292 g/mol. The second-order valence-corrected chi connectivity index (χ2v) is 8.17. The molecule has 0 N–H and O–H groups in total. The summed E-state index contributed by atoms with van der Waals surface area (Å²) in [4.78, 5) is 3.17. The number of aryl methyl sites for hydroxylation is 1. The lowest BCUT2D eigenvalue weighted by Crippen LogP contribution is -2.15. The molecule has 20 heavy (non-hydrogen) atoms. The van der Waals surface area contributed by atoms with Crippen LogP contribution in [0.15, 0.2) is 18.7 Å². The van der Waals surface area contributed by atoms with Gasteiger partial charge in [0.1, 0.15) is 0 Å². The van der Waals surface area contributed by atoms with E-state index in [0.717, 1.165) is 6.42 Å². The number of rotatable bonds is 8. The topological polar surface area (TPSA) is 0 Å². The van der Waals surface area contributed by atoms with Crippen molar-refractivity contribution >= 4 is 11.3 Å². The third-order valence-corrected chi connectivity index (χ3v) is 6.62. The maximum Gasteiger partial charge on any atom is 0.0137 e. The molecule has 0 bridgehead atoms. The van der Waals surface area contributed by atoms with Crippen molar-refractivity contribution in [1.29, 1.82) is 0 Å². The van der Waals surface area contributed by atoms with Crippen molar-refractivity contribution in [2.45, 2.75) is 84.5 Å². The van der Waals surface area contributed by atoms with Crippen LogP contribution >= 0.6 is 11.3 Å². The minimum Gasteiger partial charge on any atom is -0.144 e. The fourth-order valence-electron chi connectivity index (χ4n) is 2.29. The van der Waals surface area contributed by atoms with Crippen LogP contribution in [0.5, 0.6) is 0 Å². The Kier molecular flexibility index (Phi) is 6.06. The summed E-state index contributed by atoms with van der Waals surface area (Å²) in [6, 6.07) is 2.49. The number of unbranched alkanes of at least 4 members (excludes halogenated alkanes) is 1. The molecule has 0 aliphatic carbocycles. The Morgan fingerprint density at radius 1 is 1.10 bits per heavy atom. The van der Waals surface area contributed by atoms with E-state index in [1.54, 1.807) is 15.3 Å². The zero-order valence-electron chi connectivity index (χ0n) is 14.3. The molecule has 0 saturated heterocycles. The summed E-state index contributed by atoms with van der Waals surface area (Å²) >= 11 is 2.05. The minimum atomic E-state index is 0.302. The molecular formula is C19H32S. The Bertz CT molecular complexity index is 435.